The average Bonchev–Trinajstić information content (AvgIpc) is 3.20. The largest absolute Gasteiger partial charge is 0.372 e. The maximum atomic E-state index is 6.21. The fourth-order valence-electron chi connectivity index (χ4n) is 2.90. The monoisotopic (exact) mass is 294 g/mol. The summed E-state index contributed by atoms with van der Waals surface area (Å²) in [6.07, 6.45) is 3.16. The second-order valence-electron chi connectivity index (χ2n) is 6.09. The predicted octanol–water partition coefficient (Wildman–Crippen LogP) is 3.21. The fourth-order valence-corrected chi connectivity index (χ4v) is 3.06. The number of ether oxygens (including phenoxy) is 1. The Hall–Kier alpha value is -0.770. The molecule has 1 aliphatic heterocycles. The van der Waals surface area contributed by atoms with E-state index in [1.807, 2.05) is 6.07 Å². The summed E-state index contributed by atoms with van der Waals surface area (Å²) in [5.41, 5.74) is 2.59. The fraction of sp³-hybridized carbons (Fsp3) is 0.625. The molecule has 0 spiro atoms. The number of anilines is 1. The van der Waals surface area contributed by atoms with Gasteiger partial charge in [-0.05, 0) is 44.4 Å². The second kappa shape index (κ2) is 5.92. The summed E-state index contributed by atoms with van der Waals surface area (Å²) < 4.78 is 5.83. The summed E-state index contributed by atoms with van der Waals surface area (Å²) in [6.45, 7) is 7.06. The standard InChI is InChI=1S/C16H23ClN2O/c1-11-9-19(10-12(2)20-11)16-7-14(17)4-3-13(16)8-18-15-5-6-15/h3-4,7,11-12,15,18H,5-6,8-10H2,1-2H3/t11-,12+. The molecule has 1 heterocycles. The van der Waals surface area contributed by atoms with Crippen LogP contribution in [0, 0.1) is 0 Å². The number of nitrogens with zero attached hydrogens (tertiary/aromatic N) is 1. The van der Waals surface area contributed by atoms with Crippen molar-refractivity contribution in [3.8, 4) is 0 Å². The number of hydrogen-bond donors (Lipinski definition) is 1. The minimum absolute atomic E-state index is 0.266. The highest BCUT2D eigenvalue weighted by Crippen LogP contribution is 2.29. The molecule has 1 N–H and O–H groups in total. The van der Waals surface area contributed by atoms with Gasteiger partial charge in [-0.15, -0.1) is 0 Å². The van der Waals surface area contributed by atoms with Crippen molar-refractivity contribution in [2.75, 3.05) is 18.0 Å². The van der Waals surface area contributed by atoms with Gasteiger partial charge in [-0.1, -0.05) is 17.7 Å². The molecule has 0 unspecified atom stereocenters. The van der Waals surface area contributed by atoms with Gasteiger partial charge in [0, 0.05) is 36.4 Å². The van der Waals surface area contributed by atoms with Gasteiger partial charge >= 0.3 is 0 Å². The Morgan fingerprint density at radius 3 is 2.60 bits per heavy atom. The van der Waals surface area contributed by atoms with Crippen molar-refractivity contribution in [1.82, 2.24) is 5.32 Å². The van der Waals surface area contributed by atoms with Crippen molar-refractivity contribution < 1.29 is 4.74 Å². The van der Waals surface area contributed by atoms with Gasteiger partial charge in [-0.25, -0.2) is 0 Å². The van der Waals surface area contributed by atoms with Crippen LogP contribution < -0.4 is 10.2 Å². The lowest BCUT2D eigenvalue weighted by molar-refractivity contribution is -0.00526. The van der Waals surface area contributed by atoms with Crippen molar-refractivity contribution in [3.05, 3.63) is 28.8 Å². The second-order valence-corrected chi connectivity index (χ2v) is 6.53. The Labute approximate surface area is 126 Å². The van der Waals surface area contributed by atoms with E-state index in [0.29, 0.717) is 0 Å². The third kappa shape index (κ3) is 3.46. The highest BCUT2D eigenvalue weighted by atomic mass is 35.5. The molecule has 0 amide bonds. The molecule has 1 aromatic rings. The molecular formula is C16H23ClN2O. The number of nitrogens with one attached hydrogen (secondary N) is 1. The Balaban J connectivity index is 1.79. The van der Waals surface area contributed by atoms with E-state index >= 15 is 0 Å². The van der Waals surface area contributed by atoms with E-state index in [1.54, 1.807) is 0 Å². The van der Waals surface area contributed by atoms with Crippen LogP contribution in [-0.2, 0) is 11.3 Å². The van der Waals surface area contributed by atoms with Gasteiger partial charge in [0.25, 0.3) is 0 Å². The summed E-state index contributed by atoms with van der Waals surface area (Å²) in [7, 11) is 0. The Morgan fingerprint density at radius 1 is 1.25 bits per heavy atom. The van der Waals surface area contributed by atoms with E-state index < -0.39 is 0 Å². The molecule has 4 heteroatoms. The van der Waals surface area contributed by atoms with Gasteiger partial charge in [-0.3, -0.25) is 0 Å². The molecule has 1 saturated heterocycles. The van der Waals surface area contributed by atoms with Crippen molar-refractivity contribution in [2.45, 2.75) is 51.5 Å². The lowest BCUT2D eigenvalue weighted by Gasteiger charge is -2.38. The number of halogens is 1. The summed E-state index contributed by atoms with van der Waals surface area (Å²) in [5.74, 6) is 0. The zero-order valence-electron chi connectivity index (χ0n) is 12.2. The molecule has 0 bridgehead atoms. The molecular weight excluding hydrogens is 272 g/mol. The third-order valence-electron chi connectivity index (χ3n) is 3.97. The van der Waals surface area contributed by atoms with E-state index in [1.165, 1.54) is 24.1 Å². The lowest BCUT2D eigenvalue weighted by Crippen LogP contribution is -2.46. The molecule has 2 fully saturated rings. The van der Waals surface area contributed by atoms with E-state index in [9.17, 15) is 0 Å². The van der Waals surface area contributed by atoms with Crippen LogP contribution in [0.1, 0.15) is 32.3 Å². The summed E-state index contributed by atoms with van der Waals surface area (Å²) in [5, 5.41) is 4.40. The first-order valence-corrected chi connectivity index (χ1v) is 7.92. The van der Waals surface area contributed by atoms with Crippen molar-refractivity contribution in [1.29, 1.82) is 0 Å². The molecule has 20 heavy (non-hydrogen) atoms. The van der Waals surface area contributed by atoms with Crippen molar-refractivity contribution in [2.24, 2.45) is 0 Å². The highest BCUT2D eigenvalue weighted by Gasteiger charge is 2.25. The predicted molar refractivity (Wildman–Crippen MR) is 83.5 cm³/mol. The van der Waals surface area contributed by atoms with Crippen molar-refractivity contribution in [3.63, 3.8) is 0 Å². The maximum Gasteiger partial charge on any atom is 0.0726 e. The van der Waals surface area contributed by atoms with Crippen LogP contribution >= 0.6 is 11.6 Å². The highest BCUT2D eigenvalue weighted by molar-refractivity contribution is 6.30. The normalized spacial score (nSPS) is 26.9. The number of rotatable bonds is 4. The molecule has 3 rings (SSSR count). The minimum Gasteiger partial charge on any atom is -0.372 e. The lowest BCUT2D eigenvalue weighted by atomic mass is 10.1. The molecule has 3 nitrogen and oxygen atoms in total. The quantitative estimate of drug-likeness (QED) is 0.923. The molecule has 0 radical (unpaired) electrons. The Morgan fingerprint density at radius 2 is 1.95 bits per heavy atom. The summed E-state index contributed by atoms with van der Waals surface area (Å²) >= 11 is 6.21. The first kappa shape index (κ1) is 14.2. The van der Waals surface area contributed by atoms with Crippen LogP contribution in [0.3, 0.4) is 0 Å². The zero-order valence-corrected chi connectivity index (χ0v) is 13.0. The number of morpholine rings is 1. The van der Waals surface area contributed by atoms with Gasteiger partial charge in [0.2, 0.25) is 0 Å². The summed E-state index contributed by atoms with van der Waals surface area (Å²) in [6, 6.07) is 6.96. The van der Waals surface area contributed by atoms with E-state index in [4.69, 9.17) is 16.3 Å². The number of benzene rings is 1. The van der Waals surface area contributed by atoms with Gasteiger partial charge in [0.1, 0.15) is 0 Å². The smallest absolute Gasteiger partial charge is 0.0726 e. The molecule has 110 valence electrons. The molecule has 1 saturated carbocycles. The van der Waals surface area contributed by atoms with Gasteiger partial charge in [-0.2, -0.15) is 0 Å². The van der Waals surface area contributed by atoms with Gasteiger partial charge in [0.05, 0.1) is 12.2 Å². The van der Waals surface area contributed by atoms with Crippen LogP contribution in [0.15, 0.2) is 18.2 Å². The van der Waals surface area contributed by atoms with Crippen LogP contribution in [0.5, 0.6) is 0 Å². The van der Waals surface area contributed by atoms with Gasteiger partial charge < -0.3 is 15.0 Å². The molecule has 1 aromatic carbocycles. The van der Waals surface area contributed by atoms with E-state index in [2.05, 4.69) is 36.2 Å². The molecule has 2 aliphatic rings. The summed E-state index contributed by atoms with van der Waals surface area (Å²) in [4.78, 5) is 2.41. The third-order valence-corrected chi connectivity index (χ3v) is 4.20. The Bertz CT molecular complexity index is 466. The first-order valence-electron chi connectivity index (χ1n) is 7.54. The SMILES string of the molecule is C[C@@H]1CN(c2cc(Cl)ccc2CNC2CC2)C[C@H](C)O1. The first-order chi connectivity index (χ1) is 9.61. The van der Waals surface area contributed by atoms with Crippen LogP contribution in [0.2, 0.25) is 5.02 Å². The maximum absolute atomic E-state index is 6.21. The molecule has 0 aromatic heterocycles. The van der Waals surface area contributed by atoms with Crippen LogP contribution in [-0.4, -0.2) is 31.3 Å². The van der Waals surface area contributed by atoms with Crippen molar-refractivity contribution >= 4 is 17.3 Å². The zero-order chi connectivity index (χ0) is 14.1. The minimum atomic E-state index is 0.266. The number of hydrogen-bond acceptors (Lipinski definition) is 3. The molecule has 1 aliphatic carbocycles. The van der Waals surface area contributed by atoms with Crippen LogP contribution in [0.4, 0.5) is 5.69 Å². The van der Waals surface area contributed by atoms with E-state index in [0.717, 1.165) is 30.7 Å². The molecule has 2 atom stereocenters. The Kier molecular flexibility index (Phi) is 4.20. The topological polar surface area (TPSA) is 24.5 Å². The van der Waals surface area contributed by atoms with E-state index in [-0.39, 0.29) is 12.2 Å². The average molecular weight is 295 g/mol. The van der Waals surface area contributed by atoms with Gasteiger partial charge in [0.15, 0.2) is 0 Å². The van der Waals surface area contributed by atoms with Crippen LogP contribution in [0.25, 0.3) is 0 Å².